The van der Waals surface area contributed by atoms with Crippen LogP contribution in [0.2, 0.25) is 0 Å². The summed E-state index contributed by atoms with van der Waals surface area (Å²) in [6.07, 6.45) is 1.84. The van der Waals surface area contributed by atoms with E-state index >= 15 is 0 Å². The molecular formula is C24H24N2O3S. The Morgan fingerprint density at radius 3 is 2.50 bits per heavy atom. The van der Waals surface area contributed by atoms with Crippen LogP contribution in [-0.4, -0.2) is 11.8 Å². The number of carbonyl (C=O) groups is 2. The van der Waals surface area contributed by atoms with Crippen molar-refractivity contribution in [3.63, 3.8) is 0 Å². The summed E-state index contributed by atoms with van der Waals surface area (Å²) in [5.74, 6) is 0.738. The molecule has 1 fully saturated rings. The summed E-state index contributed by atoms with van der Waals surface area (Å²) < 4.78 is 6.04. The molecule has 1 heterocycles. The Bertz CT molecular complexity index is 1060. The lowest BCUT2D eigenvalue weighted by molar-refractivity contribution is -0.117. The Balaban J connectivity index is 1.38. The summed E-state index contributed by atoms with van der Waals surface area (Å²) >= 11 is 1.28. The van der Waals surface area contributed by atoms with Crippen molar-refractivity contribution in [2.24, 2.45) is 5.92 Å². The molecule has 1 saturated carbocycles. The summed E-state index contributed by atoms with van der Waals surface area (Å²) in [5.41, 5.74) is 2.76. The Morgan fingerprint density at radius 2 is 1.80 bits per heavy atom. The maximum atomic E-state index is 12.6. The average molecular weight is 421 g/mol. The lowest BCUT2D eigenvalue weighted by atomic mass is 10.1. The van der Waals surface area contributed by atoms with E-state index in [1.807, 2.05) is 62.4 Å². The summed E-state index contributed by atoms with van der Waals surface area (Å²) in [6, 6.07) is 19.2. The van der Waals surface area contributed by atoms with Gasteiger partial charge in [-0.25, -0.2) is 0 Å². The molecule has 2 amide bonds. The normalized spacial score (nSPS) is 14.1. The van der Waals surface area contributed by atoms with E-state index in [0.717, 1.165) is 35.4 Å². The molecule has 1 aromatic heterocycles. The maximum Gasteiger partial charge on any atom is 0.265 e. The van der Waals surface area contributed by atoms with Crippen molar-refractivity contribution in [1.29, 1.82) is 0 Å². The van der Waals surface area contributed by atoms with Crippen molar-refractivity contribution in [2.75, 3.05) is 10.6 Å². The first-order chi connectivity index (χ1) is 14.5. The lowest BCUT2D eigenvalue weighted by Crippen LogP contribution is -2.12. The third-order valence-corrected chi connectivity index (χ3v) is 6.05. The van der Waals surface area contributed by atoms with Crippen LogP contribution in [0, 0.1) is 12.8 Å². The number of ether oxygens (including phenoxy) is 1. The van der Waals surface area contributed by atoms with Gasteiger partial charge in [0.1, 0.15) is 11.9 Å². The number of anilines is 2. The van der Waals surface area contributed by atoms with Crippen LogP contribution in [-0.2, 0) is 4.79 Å². The van der Waals surface area contributed by atoms with Gasteiger partial charge in [-0.2, -0.15) is 0 Å². The smallest absolute Gasteiger partial charge is 0.265 e. The molecule has 1 aliphatic rings. The molecule has 1 atom stereocenters. The van der Waals surface area contributed by atoms with E-state index in [-0.39, 0.29) is 23.8 Å². The zero-order valence-corrected chi connectivity index (χ0v) is 17.8. The largest absolute Gasteiger partial charge is 0.486 e. The zero-order valence-electron chi connectivity index (χ0n) is 17.0. The molecule has 3 aromatic rings. The van der Waals surface area contributed by atoms with Crippen molar-refractivity contribution < 1.29 is 14.3 Å². The fourth-order valence-electron chi connectivity index (χ4n) is 3.13. The monoisotopic (exact) mass is 420 g/mol. The third kappa shape index (κ3) is 4.89. The van der Waals surface area contributed by atoms with E-state index in [2.05, 4.69) is 10.6 Å². The van der Waals surface area contributed by atoms with Crippen LogP contribution in [0.15, 0.2) is 60.7 Å². The van der Waals surface area contributed by atoms with Gasteiger partial charge in [0.15, 0.2) is 0 Å². The number of hydrogen-bond acceptors (Lipinski definition) is 4. The summed E-state index contributed by atoms with van der Waals surface area (Å²) in [7, 11) is 0. The molecular weight excluding hydrogens is 396 g/mol. The number of aryl methyl sites for hydroxylation is 1. The number of carbonyl (C=O) groups excluding carboxylic acids is 2. The molecule has 4 rings (SSSR count). The van der Waals surface area contributed by atoms with Crippen molar-refractivity contribution in [3.8, 4) is 5.75 Å². The van der Waals surface area contributed by atoms with Crippen LogP contribution in [0.25, 0.3) is 0 Å². The van der Waals surface area contributed by atoms with Gasteiger partial charge >= 0.3 is 0 Å². The van der Waals surface area contributed by atoms with Crippen molar-refractivity contribution in [2.45, 2.75) is 32.8 Å². The fourth-order valence-corrected chi connectivity index (χ4v) is 3.93. The van der Waals surface area contributed by atoms with Crippen LogP contribution < -0.4 is 15.4 Å². The third-order valence-electron chi connectivity index (χ3n) is 5.05. The Hall–Kier alpha value is -3.12. The van der Waals surface area contributed by atoms with E-state index in [1.165, 1.54) is 11.3 Å². The molecule has 2 N–H and O–H groups in total. The first-order valence-electron chi connectivity index (χ1n) is 10.0. The fraction of sp³-hybridized carbons (Fsp3) is 0.250. The molecule has 0 saturated heterocycles. The van der Waals surface area contributed by atoms with E-state index < -0.39 is 0 Å². The Kier molecular flexibility index (Phi) is 5.86. The standard InChI is InChI=1S/C24H24N2O3S/c1-15-14-19(29-16(2)17-6-4-3-5-7-17)10-11-20(15)25-24(28)21-12-13-22(30-21)26-23(27)18-8-9-18/h3-7,10-14,16,18H,8-9H2,1-2H3,(H,25,28)(H,26,27). The number of amides is 2. The first-order valence-corrected chi connectivity index (χ1v) is 10.9. The molecule has 5 nitrogen and oxygen atoms in total. The minimum atomic E-state index is -0.193. The van der Waals surface area contributed by atoms with Crippen LogP contribution in [0.4, 0.5) is 10.7 Å². The van der Waals surface area contributed by atoms with Crippen LogP contribution in [0.1, 0.15) is 46.7 Å². The SMILES string of the molecule is Cc1cc(OC(C)c2ccccc2)ccc1NC(=O)c1ccc(NC(=O)C2CC2)s1. The summed E-state index contributed by atoms with van der Waals surface area (Å²) in [4.78, 5) is 25.0. The van der Waals surface area contributed by atoms with Gasteiger partial charge in [-0.15, -0.1) is 11.3 Å². The molecule has 2 aromatic carbocycles. The molecule has 0 spiro atoms. The van der Waals surface area contributed by atoms with Gasteiger partial charge in [-0.3, -0.25) is 9.59 Å². The lowest BCUT2D eigenvalue weighted by Gasteiger charge is -2.16. The Morgan fingerprint density at radius 1 is 1.03 bits per heavy atom. The van der Waals surface area contributed by atoms with E-state index in [4.69, 9.17) is 4.74 Å². The van der Waals surface area contributed by atoms with E-state index in [1.54, 1.807) is 12.1 Å². The van der Waals surface area contributed by atoms with Gasteiger partial charge in [0.2, 0.25) is 5.91 Å². The highest BCUT2D eigenvalue weighted by Gasteiger charge is 2.29. The first kappa shape index (κ1) is 20.2. The van der Waals surface area contributed by atoms with Crippen LogP contribution >= 0.6 is 11.3 Å². The van der Waals surface area contributed by atoms with Gasteiger partial charge in [0, 0.05) is 11.6 Å². The van der Waals surface area contributed by atoms with Crippen molar-refractivity contribution in [1.82, 2.24) is 0 Å². The summed E-state index contributed by atoms with van der Waals surface area (Å²) in [6.45, 7) is 3.95. The van der Waals surface area contributed by atoms with Gasteiger partial charge in [-0.05, 0) is 68.1 Å². The number of nitrogens with one attached hydrogen (secondary N) is 2. The number of hydrogen-bond donors (Lipinski definition) is 2. The van der Waals surface area contributed by atoms with E-state index in [0.29, 0.717) is 9.88 Å². The molecule has 0 aliphatic heterocycles. The minimum Gasteiger partial charge on any atom is -0.486 e. The zero-order chi connectivity index (χ0) is 21.1. The second-order valence-corrected chi connectivity index (χ2v) is 8.61. The highest BCUT2D eigenvalue weighted by atomic mass is 32.1. The highest BCUT2D eigenvalue weighted by molar-refractivity contribution is 7.18. The maximum absolute atomic E-state index is 12.6. The van der Waals surface area contributed by atoms with Gasteiger partial charge in [-0.1, -0.05) is 30.3 Å². The number of benzene rings is 2. The van der Waals surface area contributed by atoms with Gasteiger partial charge in [0.25, 0.3) is 5.91 Å². The molecule has 0 bridgehead atoms. The summed E-state index contributed by atoms with van der Waals surface area (Å²) in [5, 5.41) is 6.52. The molecule has 1 aliphatic carbocycles. The molecule has 0 radical (unpaired) electrons. The molecule has 30 heavy (non-hydrogen) atoms. The van der Waals surface area contributed by atoms with Crippen LogP contribution in [0.3, 0.4) is 0 Å². The van der Waals surface area contributed by atoms with Crippen LogP contribution in [0.5, 0.6) is 5.75 Å². The topological polar surface area (TPSA) is 67.4 Å². The predicted molar refractivity (Wildman–Crippen MR) is 120 cm³/mol. The van der Waals surface area contributed by atoms with Crippen molar-refractivity contribution >= 4 is 33.8 Å². The Labute approximate surface area is 180 Å². The van der Waals surface area contributed by atoms with Crippen molar-refractivity contribution in [3.05, 3.63) is 76.7 Å². The van der Waals surface area contributed by atoms with Gasteiger partial charge in [0.05, 0.1) is 9.88 Å². The molecule has 154 valence electrons. The number of thiophene rings is 1. The average Bonchev–Trinajstić information content (AvgIpc) is 3.50. The number of rotatable bonds is 7. The molecule has 1 unspecified atom stereocenters. The quantitative estimate of drug-likeness (QED) is 0.508. The minimum absolute atomic E-state index is 0.0416. The second-order valence-electron chi connectivity index (χ2n) is 7.53. The predicted octanol–water partition coefficient (Wildman–Crippen LogP) is 5.80. The molecule has 6 heteroatoms. The van der Waals surface area contributed by atoms with Gasteiger partial charge < -0.3 is 15.4 Å². The highest BCUT2D eigenvalue weighted by Crippen LogP contribution is 2.32. The van der Waals surface area contributed by atoms with E-state index in [9.17, 15) is 9.59 Å². The second kappa shape index (κ2) is 8.71.